The quantitative estimate of drug-likeness (QED) is 0.685. The maximum atomic E-state index is 12.2. The summed E-state index contributed by atoms with van der Waals surface area (Å²) in [6, 6.07) is 0.122. The third-order valence-electron chi connectivity index (χ3n) is 3.67. The average Bonchev–Trinajstić information content (AvgIpc) is 2.99. The van der Waals surface area contributed by atoms with Crippen LogP contribution in [0.25, 0.3) is 0 Å². The minimum absolute atomic E-state index is 0.110. The van der Waals surface area contributed by atoms with Gasteiger partial charge in [0.1, 0.15) is 17.5 Å². The first-order valence-electron chi connectivity index (χ1n) is 8.00. The zero-order valence-electron chi connectivity index (χ0n) is 14.0. The highest BCUT2D eigenvalue weighted by atomic mass is 35.5. The van der Waals surface area contributed by atoms with Crippen molar-refractivity contribution in [1.82, 2.24) is 9.97 Å². The molecule has 24 heavy (non-hydrogen) atoms. The molecule has 0 aliphatic heterocycles. The van der Waals surface area contributed by atoms with E-state index in [1.165, 1.54) is 0 Å². The highest BCUT2D eigenvalue weighted by Crippen LogP contribution is 2.30. The standard InChI is InChI=1S/C13H18ClF3N4O.C2H6/c1-7-10(14)20-12(18-6-13(15,16)17)21-11(7)19-9-3-2-8(4-9)5-22;1-2/h8-9,22H,2-6H2,1H3,(H2,18,19,20,21);1-2H3. The molecule has 1 heterocycles. The number of halogens is 4. The Balaban J connectivity index is 0.00000139. The monoisotopic (exact) mass is 368 g/mol. The molecular formula is C15H24ClF3N4O. The first-order valence-corrected chi connectivity index (χ1v) is 8.38. The number of hydrogen-bond acceptors (Lipinski definition) is 5. The molecule has 1 aliphatic rings. The summed E-state index contributed by atoms with van der Waals surface area (Å²) in [5.41, 5.74) is 0.590. The number of nitrogens with one attached hydrogen (secondary N) is 2. The van der Waals surface area contributed by atoms with Crippen LogP contribution in [-0.4, -0.2) is 40.4 Å². The van der Waals surface area contributed by atoms with Crippen molar-refractivity contribution in [3.05, 3.63) is 10.7 Å². The van der Waals surface area contributed by atoms with Crippen LogP contribution in [0.4, 0.5) is 24.9 Å². The number of aliphatic hydroxyl groups is 1. The van der Waals surface area contributed by atoms with E-state index < -0.39 is 12.7 Å². The van der Waals surface area contributed by atoms with Gasteiger partial charge in [-0.05, 0) is 32.1 Å². The molecule has 1 aromatic heterocycles. The van der Waals surface area contributed by atoms with Crippen molar-refractivity contribution < 1.29 is 18.3 Å². The normalized spacial score (nSPS) is 20.3. The smallest absolute Gasteiger partial charge is 0.396 e. The molecule has 2 unspecified atom stereocenters. The Morgan fingerprint density at radius 2 is 1.92 bits per heavy atom. The number of aliphatic hydroxyl groups excluding tert-OH is 1. The number of anilines is 2. The molecule has 138 valence electrons. The first-order chi connectivity index (χ1) is 11.3. The minimum Gasteiger partial charge on any atom is -0.396 e. The van der Waals surface area contributed by atoms with Gasteiger partial charge in [-0.1, -0.05) is 25.4 Å². The molecule has 1 saturated carbocycles. The molecule has 0 aromatic carbocycles. The van der Waals surface area contributed by atoms with Crippen LogP contribution in [0.2, 0.25) is 5.15 Å². The van der Waals surface area contributed by atoms with Gasteiger partial charge in [-0.3, -0.25) is 0 Å². The van der Waals surface area contributed by atoms with Gasteiger partial charge in [-0.15, -0.1) is 0 Å². The third kappa shape index (κ3) is 6.32. The topological polar surface area (TPSA) is 70.1 Å². The second kappa shape index (κ2) is 9.27. The van der Waals surface area contributed by atoms with Crippen LogP contribution in [0.5, 0.6) is 0 Å². The Bertz CT molecular complexity index is 528. The molecule has 1 aromatic rings. The minimum atomic E-state index is -4.35. The molecule has 2 atom stereocenters. The van der Waals surface area contributed by atoms with Crippen molar-refractivity contribution >= 4 is 23.4 Å². The van der Waals surface area contributed by atoms with E-state index in [0.717, 1.165) is 19.3 Å². The van der Waals surface area contributed by atoms with Gasteiger partial charge in [0, 0.05) is 18.2 Å². The number of alkyl halides is 3. The summed E-state index contributed by atoms with van der Waals surface area (Å²) in [6.45, 7) is 4.62. The van der Waals surface area contributed by atoms with Crippen LogP contribution in [0, 0.1) is 12.8 Å². The van der Waals surface area contributed by atoms with Gasteiger partial charge in [0.2, 0.25) is 5.95 Å². The van der Waals surface area contributed by atoms with Crippen LogP contribution in [0.3, 0.4) is 0 Å². The molecular weight excluding hydrogens is 345 g/mol. The average molecular weight is 369 g/mol. The summed E-state index contributed by atoms with van der Waals surface area (Å²) < 4.78 is 36.7. The third-order valence-corrected chi connectivity index (χ3v) is 4.04. The Morgan fingerprint density at radius 3 is 2.46 bits per heavy atom. The van der Waals surface area contributed by atoms with Crippen molar-refractivity contribution in [1.29, 1.82) is 0 Å². The van der Waals surface area contributed by atoms with Crippen LogP contribution in [0.1, 0.15) is 38.7 Å². The van der Waals surface area contributed by atoms with Crippen molar-refractivity contribution in [3.63, 3.8) is 0 Å². The fourth-order valence-corrected chi connectivity index (χ4v) is 2.62. The van der Waals surface area contributed by atoms with Gasteiger partial charge in [-0.25, -0.2) is 4.98 Å². The van der Waals surface area contributed by atoms with E-state index in [9.17, 15) is 13.2 Å². The SMILES string of the molecule is CC.Cc1c(Cl)nc(NCC(F)(F)F)nc1NC1CCC(CO)C1. The second-order valence-corrected chi connectivity index (χ2v) is 5.84. The Morgan fingerprint density at radius 1 is 1.25 bits per heavy atom. The number of aromatic nitrogens is 2. The van der Waals surface area contributed by atoms with E-state index in [1.54, 1.807) is 6.92 Å². The number of rotatable bonds is 5. The molecule has 1 aliphatic carbocycles. The van der Waals surface area contributed by atoms with Gasteiger partial charge in [0.15, 0.2) is 0 Å². The van der Waals surface area contributed by atoms with Gasteiger partial charge >= 0.3 is 6.18 Å². The Hall–Kier alpha value is -1.28. The van der Waals surface area contributed by atoms with Crippen molar-refractivity contribution in [2.45, 2.75) is 52.3 Å². The van der Waals surface area contributed by atoms with E-state index >= 15 is 0 Å². The van der Waals surface area contributed by atoms with Crippen LogP contribution < -0.4 is 10.6 Å². The van der Waals surface area contributed by atoms with E-state index in [1.807, 2.05) is 13.8 Å². The summed E-state index contributed by atoms with van der Waals surface area (Å²) in [6.07, 6.45) is -1.78. The Labute approximate surface area is 145 Å². The molecule has 0 saturated heterocycles. The fourth-order valence-electron chi connectivity index (χ4n) is 2.45. The predicted octanol–water partition coefficient (Wildman–Crippen LogP) is 4.01. The van der Waals surface area contributed by atoms with Crippen molar-refractivity contribution in [2.24, 2.45) is 5.92 Å². The maximum absolute atomic E-state index is 12.2. The van der Waals surface area contributed by atoms with Gasteiger partial charge < -0.3 is 15.7 Å². The zero-order valence-corrected chi connectivity index (χ0v) is 14.8. The van der Waals surface area contributed by atoms with E-state index in [2.05, 4.69) is 20.6 Å². The second-order valence-electron chi connectivity index (χ2n) is 5.48. The van der Waals surface area contributed by atoms with Gasteiger partial charge in [0.25, 0.3) is 0 Å². The van der Waals surface area contributed by atoms with Crippen LogP contribution in [-0.2, 0) is 0 Å². The summed E-state index contributed by atoms with van der Waals surface area (Å²) in [5, 5.41) is 14.6. The van der Waals surface area contributed by atoms with E-state index in [0.29, 0.717) is 11.4 Å². The predicted molar refractivity (Wildman–Crippen MR) is 89.5 cm³/mol. The first kappa shape index (κ1) is 20.8. The molecule has 1 fully saturated rings. The number of nitrogens with zero attached hydrogens (tertiary/aromatic N) is 2. The molecule has 0 radical (unpaired) electrons. The lowest BCUT2D eigenvalue weighted by Gasteiger charge is -2.17. The van der Waals surface area contributed by atoms with Crippen LogP contribution >= 0.6 is 11.6 Å². The summed E-state index contributed by atoms with van der Waals surface area (Å²) in [4.78, 5) is 7.88. The molecule has 3 N–H and O–H groups in total. The largest absolute Gasteiger partial charge is 0.405 e. The van der Waals surface area contributed by atoms with Gasteiger partial charge in [0.05, 0.1) is 0 Å². The van der Waals surface area contributed by atoms with Crippen LogP contribution in [0.15, 0.2) is 0 Å². The molecule has 0 amide bonds. The fraction of sp³-hybridized carbons (Fsp3) is 0.733. The lowest BCUT2D eigenvalue weighted by molar-refractivity contribution is -0.115. The van der Waals surface area contributed by atoms with Gasteiger partial charge in [-0.2, -0.15) is 18.2 Å². The lowest BCUT2D eigenvalue weighted by Crippen LogP contribution is -2.23. The summed E-state index contributed by atoms with van der Waals surface area (Å²) in [5.74, 6) is 0.512. The molecule has 0 spiro atoms. The molecule has 5 nitrogen and oxygen atoms in total. The Kier molecular flexibility index (Phi) is 8.02. The number of hydrogen-bond donors (Lipinski definition) is 3. The summed E-state index contributed by atoms with van der Waals surface area (Å²) in [7, 11) is 0. The van der Waals surface area contributed by atoms with Crippen molar-refractivity contribution in [2.75, 3.05) is 23.8 Å². The van der Waals surface area contributed by atoms with E-state index in [-0.39, 0.29) is 29.7 Å². The highest BCUT2D eigenvalue weighted by Gasteiger charge is 2.28. The molecule has 2 rings (SSSR count). The highest BCUT2D eigenvalue weighted by molar-refractivity contribution is 6.30. The molecule has 0 bridgehead atoms. The van der Waals surface area contributed by atoms with Crippen molar-refractivity contribution in [3.8, 4) is 0 Å². The summed E-state index contributed by atoms with van der Waals surface area (Å²) >= 11 is 5.96. The zero-order chi connectivity index (χ0) is 18.3. The molecule has 9 heteroatoms. The maximum Gasteiger partial charge on any atom is 0.405 e. The van der Waals surface area contributed by atoms with E-state index in [4.69, 9.17) is 16.7 Å². The lowest BCUT2D eigenvalue weighted by atomic mass is 10.1.